The van der Waals surface area contributed by atoms with Gasteiger partial charge in [-0.2, -0.15) is 0 Å². The molecule has 0 aliphatic rings. The Bertz CT molecular complexity index is 1220. The number of aliphatic carboxylic acids is 1. The Balaban J connectivity index is 1.98. The van der Waals surface area contributed by atoms with Gasteiger partial charge in [-0.3, -0.25) is 9.59 Å². The van der Waals surface area contributed by atoms with E-state index in [1.165, 1.54) is 6.07 Å². The van der Waals surface area contributed by atoms with Gasteiger partial charge < -0.3 is 15.4 Å². The molecule has 132 valence electrons. The van der Waals surface area contributed by atoms with Crippen LogP contribution in [0.2, 0.25) is 5.02 Å². The van der Waals surface area contributed by atoms with Crippen molar-refractivity contribution in [2.45, 2.75) is 12.5 Å². The number of benzene rings is 2. The molecule has 3 aromatic rings. The SMILES string of the molecule is [2H]c1c([2H])c(C(=O)NC(Cc2cc(=O)[nH]c3ccccc23)C(=O)O)c([2H])c([2H])c1Cl. The summed E-state index contributed by atoms with van der Waals surface area (Å²) >= 11 is 5.73. The van der Waals surface area contributed by atoms with Gasteiger partial charge in [0, 0.05) is 34.0 Å². The highest BCUT2D eigenvalue weighted by atomic mass is 35.5. The third kappa shape index (κ3) is 3.92. The second kappa shape index (κ2) is 7.41. The molecule has 0 saturated heterocycles. The van der Waals surface area contributed by atoms with Gasteiger partial charge in [-0.05, 0) is 35.8 Å². The number of fused-ring (bicyclic) bond motifs is 1. The molecule has 0 saturated carbocycles. The number of hydrogen-bond acceptors (Lipinski definition) is 3. The van der Waals surface area contributed by atoms with Crippen LogP contribution >= 0.6 is 11.6 Å². The van der Waals surface area contributed by atoms with Crippen molar-refractivity contribution in [3.8, 4) is 0 Å². The predicted octanol–water partition coefficient (Wildman–Crippen LogP) is 2.61. The summed E-state index contributed by atoms with van der Waals surface area (Å²) in [5, 5.41) is 12.0. The molecule has 0 aliphatic heterocycles. The number of halogens is 1. The molecule has 1 heterocycles. The molecule has 1 amide bonds. The Morgan fingerprint density at radius 1 is 1.23 bits per heavy atom. The highest BCUT2D eigenvalue weighted by Gasteiger charge is 2.22. The summed E-state index contributed by atoms with van der Waals surface area (Å²) in [7, 11) is 0. The molecule has 1 unspecified atom stereocenters. The Morgan fingerprint density at radius 3 is 2.62 bits per heavy atom. The number of para-hydroxylation sites is 1. The van der Waals surface area contributed by atoms with Gasteiger partial charge >= 0.3 is 5.97 Å². The number of hydrogen-bond donors (Lipinski definition) is 3. The maximum Gasteiger partial charge on any atom is 0.326 e. The fraction of sp³-hybridized carbons (Fsp3) is 0.105. The number of amides is 1. The van der Waals surface area contributed by atoms with Crippen LogP contribution in [-0.2, 0) is 11.2 Å². The summed E-state index contributed by atoms with van der Waals surface area (Å²) < 4.78 is 31.2. The van der Waals surface area contributed by atoms with E-state index in [2.05, 4.69) is 10.3 Å². The van der Waals surface area contributed by atoms with Crippen molar-refractivity contribution in [3.63, 3.8) is 0 Å². The number of pyridine rings is 1. The lowest BCUT2D eigenvalue weighted by Crippen LogP contribution is -2.42. The van der Waals surface area contributed by atoms with E-state index in [1.54, 1.807) is 24.3 Å². The van der Waals surface area contributed by atoms with E-state index in [0.29, 0.717) is 16.5 Å². The van der Waals surface area contributed by atoms with Crippen molar-refractivity contribution in [2.75, 3.05) is 0 Å². The van der Waals surface area contributed by atoms with Crippen LogP contribution < -0.4 is 10.9 Å². The Kier molecular flexibility index (Phi) is 3.74. The van der Waals surface area contributed by atoms with Crippen LogP contribution in [0.1, 0.15) is 21.4 Å². The van der Waals surface area contributed by atoms with E-state index in [-0.39, 0.29) is 6.42 Å². The fourth-order valence-corrected chi connectivity index (χ4v) is 2.60. The third-order valence-electron chi connectivity index (χ3n) is 3.69. The van der Waals surface area contributed by atoms with Crippen molar-refractivity contribution >= 4 is 34.4 Å². The number of rotatable bonds is 5. The Morgan fingerprint density at radius 2 is 1.92 bits per heavy atom. The van der Waals surface area contributed by atoms with Gasteiger partial charge in [-0.25, -0.2) is 4.79 Å². The fourth-order valence-electron chi connectivity index (χ4n) is 2.51. The molecule has 0 spiro atoms. The van der Waals surface area contributed by atoms with E-state index >= 15 is 0 Å². The molecule has 0 fully saturated rings. The van der Waals surface area contributed by atoms with Crippen LogP contribution in [-0.4, -0.2) is 28.0 Å². The summed E-state index contributed by atoms with van der Waals surface area (Å²) in [4.78, 5) is 38.9. The zero-order chi connectivity index (χ0) is 22.2. The molecule has 3 N–H and O–H groups in total. The second-order valence-corrected chi connectivity index (χ2v) is 5.84. The van der Waals surface area contributed by atoms with E-state index in [0.717, 1.165) is 0 Å². The van der Waals surface area contributed by atoms with Crippen LogP contribution in [0.5, 0.6) is 0 Å². The highest BCUT2D eigenvalue weighted by Crippen LogP contribution is 2.17. The number of aromatic nitrogens is 1. The quantitative estimate of drug-likeness (QED) is 0.639. The molecule has 0 bridgehead atoms. The van der Waals surface area contributed by atoms with Crippen molar-refractivity contribution in [1.29, 1.82) is 0 Å². The number of carbonyl (C=O) groups is 2. The lowest BCUT2D eigenvalue weighted by molar-refractivity contribution is -0.139. The molecule has 2 aromatic carbocycles. The van der Waals surface area contributed by atoms with Gasteiger partial charge in [0.05, 0.1) is 5.48 Å². The van der Waals surface area contributed by atoms with Crippen LogP contribution in [0.25, 0.3) is 10.9 Å². The zero-order valence-electron chi connectivity index (χ0n) is 17.2. The first kappa shape index (κ1) is 13.1. The first-order chi connectivity index (χ1) is 14.1. The van der Waals surface area contributed by atoms with Gasteiger partial charge in [0.1, 0.15) is 6.04 Å². The van der Waals surface area contributed by atoms with Crippen LogP contribution in [0.15, 0.2) is 59.3 Å². The van der Waals surface area contributed by atoms with Crippen molar-refractivity contribution in [3.05, 3.63) is 81.0 Å². The van der Waals surface area contributed by atoms with Crippen LogP contribution in [0.3, 0.4) is 0 Å². The molecule has 0 radical (unpaired) electrons. The van der Waals surface area contributed by atoms with Crippen LogP contribution in [0.4, 0.5) is 0 Å². The maximum atomic E-state index is 12.6. The van der Waals surface area contributed by atoms with E-state index in [9.17, 15) is 19.5 Å². The number of carboxylic acid groups (broad SMARTS) is 1. The van der Waals surface area contributed by atoms with Crippen molar-refractivity contribution < 1.29 is 20.2 Å². The minimum absolute atomic E-state index is 0.235. The molecule has 0 aliphatic carbocycles. The molecular formula is C19H15ClN2O4. The first-order valence-electron chi connectivity index (χ1n) is 9.52. The molecule has 3 rings (SSSR count). The molecule has 1 atom stereocenters. The predicted molar refractivity (Wildman–Crippen MR) is 98.6 cm³/mol. The lowest BCUT2D eigenvalue weighted by Gasteiger charge is -2.16. The summed E-state index contributed by atoms with van der Waals surface area (Å²) in [5.41, 5.74) is -0.154. The van der Waals surface area contributed by atoms with Crippen molar-refractivity contribution in [1.82, 2.24) is 10.3 Å². The maximum absolute atomic E-state index is 12.6. The monoisotopic (exact) mass is 374 g/mol. The number of carboxylic acids is 1. The average Bonchev–Trinajstić information content (AvgIpc) is 2.70. The number of aromatic amines is 1. The third-order valence-corrected chi connectivity index (χ3v) is 3.87. The summed E-state index contributed by atoms with van der Waals surface area (Å²) in [5.74, 6) is -2.48. The normalized spacial score (nSPS) is 14.0. The Hall–Kier alpha value is -3.12. The van der Waals surface area contributed by atoms with E-state index in [1.807, 2.05) is 0 Å². The van der Waals surface area contributed by atoms with E-state index < -0.39 is 58.2 Å². The minimum Gasteiger partial charge on any atom is -0.480 e. The lowest BCUT2D eigenvalue weighted by atomic mass is 10.0. The average molecular weight is 375 g/mol. The molecular weight excluding hydrogens is 356 g/mol. The number of H-pyrrole nitrogens is 1. The standard InChI is InChI=1S/C19H15ClN2O4/c20-13-7-5-11(6-8-13)18(24)22-16(19(25)26)9-12-10-17(23)21-15-4-2-1-3-14(12)15/h1-8,10,16H,9H2,(H,21,23)(H,22,24)(H,25,26)/i5D,6D,7D,8D. The summed E-state index contributed by atoms with van der Waals surface area (Å²) in [6.07, 6.45) is -0.235. The molecule has 7 heteroatoms. The first-order valence-corrected chi connectivity index (χ1v) is 7.90. The van der Waals surface area contributed by atoms with Crippen LogP contribution in [0, 0.1) is 0 Å². The molecule has 6 nitrogen and oxygen atoms in total. The smallest absolute Gasteiger partial charge is 0.326 e. The second-order valence-electron chi connectivity index (χ2n) is 5.46. The van der Waals surface area contributed by atoms with E-state index in [4.69, 9.17) is 17.1 Å². The van der Waals surface area contributed by atoms with Gasteiger partial charge in [0.2, 0.25) is 5.56 Å². The summed E-state index contributed by atoms with van der Waals surface area (Å²) in [6, 6.07) is 3.98. The zero-order valence-corrected chi connectivity index (χ0v) is 14.0. The molecule has 26 heavy (non-hydrogen) atoms. The largest absolute Gasteiger partial charge is 0.480 e. The number of carbonyl (C=O) groups excluding carboxylic acids is 1. The molecule has 1 aromatic heterocycles. The number of nitrogens with one attached hydrogen (secondary N) is 2. The topological polar surface area (TPSA) is 99.3 Å². The van der Waals surface area contributed by atoms with Gasteiger partial charge in [-0.1, -0.05) is 29.8 Å². The minimum atomic E-state index is -1.49. The highest BCUT2D eigenvalue weighted by molar-refractivity contribution is 6.30. The Labute approximate surface area is 159 Å². The van der Waals surface area contributed by atoms with Gasteiger partial charge in [0.25, 0.3) is 5.91 Å². The van der Waals surface area contributed by atoms with Gasteiger partial charge in [-0.15, -0.1) is 0 Å². The van der Waals surface area contributed by atoms with Crippen molar-refractivity contribution in [2.24, 2.45) is 0 Å². The summed E-state index contributed by atoms with van der Waals surface area (Å²) in [6.45, 7) is 0. The van der Waals surface area contributed by atoms with Gasteiger partial charge in [0.15, 0.2) is 0 Å².